The third-order valence-electron chi connectivity index (χ3n) is 6.27. The molecule has 0 bridgehead atoms. The first-order valence-corrected chi connectivity index (χ1v) is 9.92. The van der Waals surface area contributed by atoms with E-state index in [0.29, 0.717) is 18.0 Å². The molecule has 5 heteroatoms. The Bertz CT molecular complexity index is 1170. The molecule has 0 radical (unpaired) electrons. The molecule has 1 spiro atoms. The fourth-order valence-corrected chi connectivity index (χ4v) is 4.62. The van der Waals surface area contributed by atoms with Crippen LogP contribution in [0.2, 0.25) is 0 Å². The normalized spacial score (nSPS) is 20.6. The molecular formula is C25H21FN2O2. The molecule has 4 nitrogen and oxygen atoms in total. The average Bonchev–Trinajstić information content (AvgIpc) is 2.94. The second kappa shape index (κ2) is 6.52. The fraction of sp³-hybridized carbons (Fsp3) is 0.200. The van der Waals surface area contributed by atoms with Crippen molar-refractivity contribution < 1.29 is 9.13 Å². The fourth-order valence-electron chi connectivity index (χ4n) is 4.62. The first kappa shape index (κ1) is 18.6. The molecule has 0 saturated heterocycles. The monoisotopic (exact) mass is 400 g/mol. The van der Waals surface area contributed by atoms with Crippen LogP contribution in [0.1, 0.15) is 30.5 Å². The maximum atomic E-state index is 13.5. The summed E-state index contributed by atoms with van der Waals surface area (Å²) in [6, 6.07) is 20.1. The van der Waals surface area contributed by atoms with Crippen molar-refractivity contribution >= 4 is 17.5 Å². The number of rotatable bonds is 3. The minimum absolute atomic E-state index is 0.252. The Balaban J connectivity index is 1.65. The number of nitrogens with zero attached hydrogens (tertiary/aromatic N) is 2. The van der Waals surface area contributed by atoms with Crippen LogP contribution in [0.3, 0.4) is 0 Å². The summed E-state index contributed by atoms with van der Waals surface area (Å²) in [5.74, 6) is 0.452. The topological polar surface area (TPSA) is 41.9 Å². The van der Waals surface area contributed by atoms with Gasteiger partial charge in [-0.3, -0.25) is 0 Å². The number of nitroso groups, excluding NO2 is 1. The van der Waals surface area contributed by atoms with Crippen LogP contribution in [0, 0.1) is 10.7 Å². The lowest BCUT2D eigenvalue weighted by atomic mass is 9.76. The van der Waals surface area contributed by atoms with Crippen LogP contribution >= 0.6 is 0 Å². The molecular weight excluding hydrogens is 379 g/mol. The molecule has 150 valence electrons. The summed E-state index contributed by atoms with van der Waals surface area (Å²) < 4.78 is 20.2. The molecule has 2 aliphatic rings. The van der Waals surface area contributed by atoms with Gasteiger partial charge in [-0.1, -0.05) is 30.3 Å². The molecule has 0 amide bonds. The van der Waals surface area contributed by atoms with Crippen LogP contribution in [-0.4, -0.2) is 5.72 Å². The Hall–Kier alpha value is -3.47. The molecule has 0 aromatic heterocycles. The van der Waals surface area contributed by atoms with E-state index in [1.54, 1.807) is 30.3 Å². The molecule has 0 fully saturated rings. The van der Waals surface area contributed by atoms with Crippen molar-refractivity contribution in [3.8, 4) is 5.75 Å². The second-order valence-corrected chi connectivity index (χ2v) is 8.30. The van der Waals surface area contributed by atoms with Crippen molar-refractivity contribution in [3.05, 3.63) is 100 Å². The van der Waals surface area contributed by atoms with Gasteiger partial charge in [0.1, 0.15) is 17.3 Å². The van der Waals surface area contributed by atoms with Crippen LogP contribution in [0.25, 0.3) is 6.08 Å². The Morgan fingerprint density at radius 2 is 1.80 bits per heavy atom. The highest BCUT2D eigenvalue weighted by molar-refractivity contribution is 5.73. The largest absolute Gasteiger partial charge is 0.463 e. The predicted octanol–water partition coefficient (Wildman–Crippen LogP) is 6.32. The van der Waals surface area contributed by atoms with Crippen molar-refractivity contribution in [2.24, 2.45) is 5.18 Å². The second-order valence-electron chi connectivity index (χ2n) is 8.30. The molecule has 1 unspecified atom stereocenters. The number of fused-ring (bicyclic) bond motifs is 2. The summed E-state index contributed by atoms with van der Waals surface area (Å²) in [5, 5.41) is 3.03. The molecule has 0 aliphatic carbocycles. The zero-order valence-corrected chi connectivity index (χ0v) is 16.8. The summed E-state index contributed by atoms with van der Waals surface area (Å²) in [6.07, 6.45) is 4.06. The highest BCUT2D eigenvalue weighted by Gasteiger charge is 2.58. The van der Waals surface area contributed by atoms with Crippen LogP contribution in [0.15, 0.2) is 78.0 Å². The van der Waals surface area contributed by atoms with Gasteiger partial charge in [-0.2, -0.15) is 0 Å². The highest BCUT2D eigenvalue weighted by Crippen LogP contribution is 2.55. The van der Waals surface area contributed by atoms with Gasteiger partial charge in [0.25, 0.3) is 0 Å². The van der Waals surface area contributed by atoms with Crippen molar-refractivity contribution in [1.29, 1.82) is 0 Å². The van der Waals surface area contributed by atoms with Gasteiger partial charge >= 0.3 is 0 Å². The van der Waals surface area contributed by atoms with Crippen LogP contribution in [-0.2, 0) is 12.0 Å². The molecule has 0 saturated carbocycles. The minimum atomic E-state index is -0.770. The van der Waals surface area contributed by atoms with Crippen LogP contribution in [0.4, 0.5) is 15.8 Å². The predicted molar refractivity (Wildman–Crippen MR) is 116 cm³/mol. The zero-order chi connectivity index (χ0) is 20.9. The van der Waals surface area contributed by atoms with Gasteiger partial charge in [-0.15, -0.1) is 4.91 Å². The van der Waals surface area contributed by atoms with E-state index in [-0.39, 0.29) is 11.2 Å². The van der Waals surface area contributed by atoms with E-state index in [1.165, 1.54) is 17.7 Å². The Labute approximate surface area is 174 Å². The van der Waals surface area contributed by atoms with Crippen LogP contribution < -0.4 is 9.64 Å². The first-order chi connectivity index (χ1) is 14.4. The maximum absolute atomic E-state index is 13.5. The summed E-state index contributed by atoms with van der Waals surface area (Å²) in [5.41, 5.74) is 3.33. The van der Waals surface area contributed by atoms with Crippen molar-refractivity contribution in [2.45, 2.75) is 31.5 Å². The molecule has 1 atom stereocenters. The van der Waals surface area contributed by atoms with E-state index in [1.807, 2.05) is 18.2 Å². The first-order valence-electron chi connectivity index (χ1n) is 9.92. The van der Waals surface area contributed by atoms with Gasteiger partial charge in [0.15, 0.2) is 0 Å². The van der Waals surface area contributed by atoms with E-state index in [0.717, 1.165) is 16.8 Å². The van der Waals surface area contributed by atoms with Crippen molar-refractivity contribution in [2.75, 3.05) is 4.90 Å². The summed E-state index contributed by atoms with van der Waals surface area (Å²) in [6.45, 7) is 4.91. The lowest BCUT2D eigenvalue weighted by molar-refractivity contribution is 0.0521. The van der Waals surface area contributed by atoms with Crippen molar-refractivity contribution in [3.63, 3.8) is 0 Å². The minimum Gasteiger partial charge on any atom is -0.463 e. The van der Waals surface area contributed by atoms with Gasteiger partial charge in [-0.05, 0) is 78.7 Å². The van der Waals surface area contributed by atoms with Crippen molar-refractivity contribution in [1.82, 2.24) is 0 Å². The maximum Gasteiger partial charge on any atom is 0.212 e. The standard InChI is InChI=1S/C25H21FN2O2/c1-24(2)21-5-3-4-6-22(21)28(16-17-7-9-19(26)10-8-17)25(24)14-13-18-15-20(27-29)11-12-23(18)30-25/h3-15H,16H2,1-2H3. The number of anilines is 1. The van der Waals surface area contributed by atoms with E-state index >= 15 is 0 Å². The summed E-state index contributed by atoms with van der Waals surface area (Å²) in [4.78, 5) is 13.2. The van der Waals surface area contributed by atoms with Gasteiger partial charge in [0.2, 0.25) is 5.72 Å². The average molecular weight is 400 g/mol. The molecule has 2 heterocycles. The number of hydrogen-bond acceptors (Lipinski definition) is 4. The zero-order valence-electron chi connectivity index (χ0n) is 16.8. The summed E-state index contributed by atoms with van der Waals surface area (Å²) >= 11 is 0. The molecule has 5 rings (SSSR count). The summed E-state index contributed by atoms with van der Waals surface area (Å²) in [7, 11) is 0. The third kappa shape index (κ3) is 2.58. The lowest BCUT2D eigenvalue weighted by Crippen LogP contribution is -2.59. The molecule has 30 heavy (non-hydrogen) atoms. The number of hydrogen-bond donors (Lipinski definition) is 0. The smallest absolute Gasteiger partial charge is 0.212 e. The SMILES string of the molecule is CC1(C)c2ccccc2N(Cc2ccc(F)cc2)C12C=Cc1cc(N=O)ccc1O2. The molecule has 0 N–H and O–H groups in total. The van der Waals surface area contributed by atoms with Crippen LogP contribution in [0.5, 0.6) is 5.75 Å². The number of halogens is 1. The van der Waals surface area contributed by atoms with Gasteiger partial charge in [0, 0.05) is 17.8 Å². The van der Waals surface area contributed by atoms with E-state index in [2.05, 4.69) is 42.1 Å². The lowest BCUT2D eigenvalue weighted by Gasteiger charge is -2.47. The Morgan fingerprint density at radius 1 is 1.03 bits per heavy atom. The third-order valence-corrected chi connectivity index (χ3v) is 6.27. The van der Waals surface area contributed by atoms with E-state index in [9.17, 15) is 9.30 Å². The number of benzene rings is 3. The quantitative estimate of drug-likeness (QED) is 0.483. The molecule has 3 aromatic rings. The van der Waals surface area contributed by atoms with Gasteiger partial charge in [-0.25, -0.2) is 4.39 Å². The van der Waals surface area contributed by atoms with Gasteiger partial charge < -0.3 is 9.64 Å². The number of para-hydroxylation sites is 1. The van der Waals surface area contributed by atoms with E-state index < -0.39 is 5.72 Å². The molecule has 2 aliphatic heterocycles. The molecule has 3 aromatic carbocycles. The Morgan fingerprint density at radius 3 is 2.57 bits per heavy atom. The highest BCUT2D eigenvalue weighted by atomic mass is 19.1. The van der Waals surface area contributed by atoms with Gasteiger partial charge in [0.05, 0.1) is 5.41 Å². The number of ether oxygens (including phenoxy) is 1. The van der Waals surface area contributed by atoms with E-state index in [4.69, 9.17) is 4.74 Å². The Kier molecular flexibility index (Phi) is 4.03.